The van der Waals surface area contributed by atoms with E-state index in [0.29, 0.717) is 18.7 Å². The van der Waals surface area contributed by atoms with Crippen LogP contribution in [0.2, 0.25) is 0 Å². The molecule has 158 valence electrons. The topological polar surface area (TPSA) is 40.6 Å². The molecule has 0 aromatic heterocycles. The van der Waals surface area contributed by atoms with E-state index >= 15 is 0 Å². The molecule has 4 heteroatoms. The molecule has 1 unspecified atom stereocenters. The molecule has 0 saturated carbocycles. The van der Waals surface area contributed by atoms with E-state index < -0.39 is 0 Å². The minimum atomic E-state index is -0.329. The highest BCUT2D eigenvalue weighted by Crippen LogP contribution is 2.36. The van der Waals surface area contributed by atoms with Gasteiger partial charge in [-0.25, -0.2) is 0 Å². The van der Waals surface area contributed by atoms with Crippen molar-refractivity contribution in [3.8, 4) is 0 Å². The molecule has 4 aromatic carbocycles. The fraction of sp³-hybridized carbons (Fsp3) is 0.143. The predicted molar refractivity (Wildman–Crippen MR) is 129 cm³/mol. The van der Waals surface area contributed by atoms with E-state index in [2.05, 4.69) is 24.3 Å². The highest BCUT2D eigenvalue weighted by Gasteiger charge is 2.34. The van der Waals surface area contributed by atoms with Gasteiger partial charge in [0.05, 0.1) is 23.8 Å². The first-order valence-electron chi connectivity index (χ1n) is 10.9. The second-order valence-electron chi connectivity index (χ2n) is 8.23. The van der Waals surface area contributed by atoms with Gasteiger partial charge in [-0.3, -0.25) is 9.59 Å². The Bertz CT molecular complexity index is 1290. The van der Waals surface area contributed by atoms with E-state index in [1.54, 1.807) is 4.90 Å². The number of nitrogens with zero attached hydrogens (tertiary/aromatic N) is 2. The molecule has 0 radical (unpaired) electrons. The van der Waals surface area contributed by atoms with Gasteiger partial charge in [0, 0.05) is 12.1 Å². The average molecular weight is 421 g/mol. The van der Waals surface area contributed by atoms with Crippen LogP contribution in [0.4, 0.5) is 11.4 Å². The lowest BCUT2D eigenvalue weighted by Crippen LogP contribution is -2.38. The molecule has 0 saturated heterocycles. The molecule has 0 N–H and O–H groups in total. The van der Waals surface area contributed by atoms with Crippen molar-refractivity contribution in [3.63, 3.8) is 0 Å². The monoisotopic (exact) mass is 420 g/mol. The van der Waals surface area contributed by atoms with Gasteiger partial charge in [0.1, 0.15) is 0 Å². The van der Waals surface area contributed by atoms with Crippen molar-refractivity contribution >= 4 is 34.0 Å². The van der Waals surface area contributed by atoms with Crippen LogP contribution in [0, 0.1) is 5.92 Å². The SMILES string of the molecule is CC1CN(C(=O)c2ccccc2)c2ccccc2N(Cc2cccc3ccccc23)C1=O. The number of para-hydroxylation sites is 2. The van der Waals surface area contributed by atoms with Crippen LogP contribution in [0.3, 0.4) is 0 Å². The van der Waals surface area contributed by atoms with E-state index in [9.17, 15) is 9.59 Å². The van der Waals surface area contributed by atoms with Crippen LogP contribution in [0.25, 0.3) is 10.8 Å². The van der Waals surface area contributed by atoms with Crippen molar-refractivity contribution < 1.29 is 9.59 Å². The van der Waals surface area contributed by atoms with Gasteiger partial charge < -0.3 is 9.80 Å². The molecule has 1 atom stereocenters. The summed E-state index contributed by atoms with van der Waals surface area (Å²) in [6.45, 7) is 2.69. The van der Waals surface area contributed by atoms with Crippen LogP contribution in [0.1, 0.15) is 22.8 Å². The first-order valence-corrected chi connectivity index (χ1v) is 10.9. The third-order valence-electron chi connectivity index (χ3n) is 6.08. The lowest BCUT2D eigenvalue weighted by molar-refractivity contribution is -0.121. The molecule has 0 fully saturated rings. The molecule has 0 aliphatic carbocycles. The van der Waals surface area contributed by atoms with Crippen molar-refractivity contribution in [2.75, 3.05) is 16.3 Å². The Morgan fingerprint density at radius 2 is 1.47 bits per heavy atom. The van der Waals surface area contributed by atoms with Gasteiger partial charge >= 0.3 is 0 Å². The summed E-state index contributed by atoms with van der Waals surface area (Å²) in [5.41, 5.74) is 3.23. The number of amides is 2. The number of carbonyl (C=O) groups is 2. The lowest BCUT2D eigenvalue weighted by Gasteiger charge is -2.26. The van der Waals surface area contributed by atoms with Crippen LogP contribution in [0.5, 0.6) is 0 Å². The number of fused-ring (bicyclic) bond motifs is 2. The minimum absolute atomic E-state index is 0.0220. The van der Waals surface area contributed by atoms with Gasteiger partial charge in [-0.2, -0.15) is 0 Å². The Labute approximate surface area is 187 Å². The molecule has 1 aliphatic rings. The Balaban J connectivity index is 1.59. The third-order valence-corrected chi connectivity index (χ3v) is 6.08. The quantitative estimate of drug-likeness (QED) is 0.428. The minimum Gasteiger partial charge on any atom is -0.306 e. The summed E-state index contributed by atoms with van der Waals surface area (Å²) in [7, 11) is 0. The van der Waals surface area contributed by atoms with Crippen molar-refractivity contribution in [1.82, 2.24) is 0 Å². The summed E-state index contributed by atoms with van der Waals surface area (Å²) < 4.78 is 0. The van der Waals surface area contributed by atoms with Gasteiger partial charge in [0.15, 0.2) is 0 Å². The number of rotatable bonds is 3. The molecule has 4 nitrogen and oxygen atoms in total. The van der Waals surface area contributed by atoms with Crippen molar-refractivity contribution in [2.24, 2.45) is 5.92 Å². The zero-order valence-electron chi connectivity index (χ0n) is 17.9. The predicted octanol–water partition coefficient (Wildman–Crippen LogP) is 5.67. The fourth-order valence-electron chi connectivity index (χ4n) is 4.45. The maximum atomic E-state index is 13.5. The standard InChI is InChI=1S/C28H24N2O2/c1-20-18-29(28(32)22-11-3-2-4-12-22)25-16-7-8-17-26(25)30(27(20)31)19-23-14-9-13-21-10-5-6-15-24(21)23/h2-17,20H,18-19H2,1H3. The molecule has 1 aliphatic heterocycles. The Kier molecular flexibility index (Phi) is 5.20. The molecule has 1 heterocycles. The molecule has 32 heavy (non-hydrogen) atoms. The third kappa shape index (κ3) is 3.54. The number of carbonyl (C=O) groups excluding carboxylic acids is 2. The van der Waals surface area contributed by atoms with E-state index in [1.165, 1.54) is 0 Å². The summed E-state index contributed by atoms with van der Waals surface area (Å²) in [4.78, 5) is 30.5. The summed E-state index contributed by atoms with van der Waals surface area (Å²) in [5.74, 6) is -0.400. The first kappa shape index (κ1) is 20.0. The van der Waals surface area contributed by atoms with Crippen LogP contribution >= 0.6 is 0 Å². The molecular weight excluding hydrogens is 396 g/mol. The van der Waals surface area contributed by atoms with Gasteiger partial charge in [0.2, 0.25) is 5.91 Å². The summed E-state index contributed by atoms with van der Waals surface area (Å²) in [6, 6.07) is 31.3. The average Bonchev–Trinajstić information content (AvgIpc) is 2.95. The highest BCUT2D eigenvalue weighted by atomic mass is 16.2. The van der Waals surface area contributed by atoms with Crippen molar-refractivity contribution in [1.29, 1.82) is 0 Å². The molecule has 2 amide bonds. The maximum Gasteiger partial charge on any atom is 0.258 e. The van der Waals surface area contributed by atoms with Crippen LogP contribution in [-0.2, 0) is 11.3 Å². The molecular formula is C28H24N2O2. The molecule has 0 spiro atoms. The summed E-state index contributed by atoms with van der Waals surface area (Å²) in [5, 5.41) is 2.28. The van der Waals surface area contributed by atoms with Crippen molar-refractivity contribution in [3.05, 3.63) is 108 Å². The Morgan fingerprint density at radius 1 is 0.812 bits per heavy atom. The van der Waals surface area contributed by atoms with Gasteiger partial charge in [0.25, 0.3) is 5.91 Å². The van der Waals surface area contributed by atoms with Gasteiger partial charge in [-0.1, -0.05) is 79.7 Å². The van der Waals surface area contributed by atoms with E-state index in [0.717, 1.165) is 27.7 Å². The largest absolute Gasteiger partial charge is 0.306 e. The lowest BCUT2D eigenvalue weighted by atomic mass is 10.0. The van der Waals surface area contributed by atoms with Gasteiger partial charge in [-0.15, -0.1) is 0 Å². The van der Waals surface area contributed by atoms with Crippen molar-refractivity contribution in [2.45, 2.75) is 13.5 Å². The zero-order chi connectivity index (χ0) is 22.1. The summed E-state index contributed by atoms with van der Waals surface area (Å²) in [6.07, 6.45) is 0. The molecule has 5 rings (SSSR count). The van der Waals surface area contributed by atoms with Gasteiger partial charge in [-0.05, 0) is 40.6 Å². The second kappa shape index (κ2) is 8.31. The van der Waals surface area contributed by atoms with Crippen LogP contribution < -0.4 is 9.80 Å². The summed E-state index contributed by atoms with van der Waals surface area (Å²) >= 11 is 0. The zero-order valence-corrected chi connectivity index (χ0v) is 17.9. The molecule has 4 aromatic rings. The smallest absolute Gasteiger partial charge is 0.258 e. The Morgan fingerprint density at radius 3 is 2.28 bits per heavy atom. The number of benzene rings is 4. The van der Waals surface area contributed by atoms with Crippen LogP contribution in [0.15, 0.2) is 97.1 Å². The van der Waals surface area contributed by atoms with E-state index in [4.69, 9.17) is 0 Å². The number of hydrogen-bond donors (Lipinski definition) is 0. The highest BCUT2D eigenvalue weighted by molar-refractivity contribution is 6.11. The Hall–Kier alpha value is -3.92. The van der Waals surface area contributed by atoms with E-state index in [1.807, 2.05) is 84.6 Å². The first-order chi connectivity index (χ1) is 15.6. The molecule has 0 bridgehead atoms. The number of anilines is 2. The second-order valence-corrected chi connectivity index (χ2v) is 8.23. The fourth-order valence-corrected chi connectivity index (χ4v) is 4.45. The normalized spacial score (nSPS) is 16.0. The maximum absolute atomic E-state index is 13.5. The van der Waals surface area contributed by atoms with Crippen LogP contribution in [-0.4, -0.2) is 18.4 Å². The number of hydrogen-bond acceptors (Lipinski definition) is 2. The van der Waals surface area contributed by atoms with E-state index in [-0.39, 0.29) is 17.7 Å².